The molecule has 0 aromatic carbocycles. The van der Waals surface area contributed by atoms with Gasteiger partial charge in [0.15, 0.2) is 0 Å². The van der Waals surface area contributed by atoms with E-state index in [1.54, 1.807) is 0 Å². The van der Waals surface area contributed by atoms with E-state index in [0.717, 1.165) is 24.5 Å². The molecular weight excluding hydrogens is 368 g/mol. The zero-order valence-electron chi connectivity index (χ0n) is 20.4. The Kier molecular flexibility index (Phi) is 23.7. The van der Waals surface area contributed by atoms with E-state index in [9.17, 15) is 0 Å². The lowest BCUT2D eigenvalue weighted by Crippen LogP contribution is -2.36. The van der Waals surface area contributed by atoms with Crippen LogP contribution in [0.25, 0.3) is 0 Å². The van der Waals surface area contributed by atoms with Gasteiger partial charge in [-0.3, -0.25) is 4.90 Å². The molecule has 3 aliphatic rings. The van der Waals surface area contributed by atoms with E-state index < -0.39 is 0 Å². The highest BCUT2D eigenvalue weighted by Crippen LogP contribution is 2.19. The summed E-state index contributed by atoms with van der Waals surface area (Å²) in [4.78, 5) is 9.19. The highest BCUT2D eigenvalue weighted by Gasteiger charge is 2.22. The molecule has 0 saturated carbocycles. The molecular formula is C26H62N4. The van der Waals surface area contributed by atoms with Gasteiger partial charge in [-0.25, -0.2) is 0 Å². The number of likely N-dealkylation sites (tertiary alicyclic amines) is 1. The van der Waals surface area contributed by atoms with E-state index in [0.29, 0.717) is 12.1 Å². The Bertz CT molecular complexity index is 382. The molecule has 0 aromatic heterocycles. The van der Waals surface area contributed by atoms with Crippen molar-refractivity contribution in [3.8, 4) is 0 Å². The van der Waals surface area contributed by atoms with Crippen LogP contribution in [0.5, 0.6) is 0 Å². The van der Waals surface area contributed by atoms with Crippen LogP contribution in [0, 0.1) is 5.92 Å². The fourth-order valence-corrected chi connectivity index (χ4v) is 2.63. The molecule has 3 rings (SSSR count). The minimum absolute atomic E-state index is 0. The van der Waals surface area contributed by atoms with Crippen molar-refractivity contribution in [2.75, 3.05) is 54.9 Å². The summed E-state index contributed by atoms with van der Waals surface area (Å²) in [5, 5.41) is 0. The molecule has 186 valence electrons. The summed E-state index contributed by atoms with van der Waals surface area (Å²) < 4.78 is 0. The van der Waals surface area contributed by atoms with Crippen LogP contribution in [-0.2, 0) is 0 Å². The topological polar surface area (TPSA) is 12.7 Å². The van der Waals surface area contributed by atoms with Crippen LogP contribution in [0.2, 0.25) is 0 Å². The first-order valence-electron chi connectivity index (χ1n) is 10.9. The molecule has 2 fully saturated rings. The van der Waals surface area contributed by atoms with Gasteiger partial charge in [0.05, 0.1) is 0 Å². The third kappa shape index (κ3) is 18.4. The molecule has 5 atom stereocenters. The van der Waals surface area contributed by atoms with E-state index in [1.165, 1.54) is 25.9 Å². The van der Waals surface area contributed by atoms with Gasteiger partial charge in [0.2, 0.25) is 0 Å². The van der Waals surface area contributed by atoms with E-state index >= 15 is 0 Å². The van der Waals surface area contributed by atoms with Gasteiger partial charge < -0.3 is 14.7 Å². The molecule has 0 amide bonds. The molecule has 0 bridgehead atoms. The number of piperidine rings is 1. The Hall–Kier alpha value is -0.420. The fourth-order valence-electron chi connectivity index (χ4n) is 2.63. The predicted octanol–water partition coefficient (Wildman–Crippen LogP) is 5.80. The van der Waals surface area contributed by atoms with Crippen molar-refractivity contribution in [3.05, 3.63) is 12.2 Å². The van der Waals surface area contributed by atoms with Crippen LogP contribution >= 0.6 is 0 Å². The first-order chi connectivity index (χ1) is 12.5. The van der Waals surface area contributed by atoms with Gasteiger partial charge in [-0.05, 0) is 95.2 Å². The number of nitrogens with zero attached hydrogens (tertiary/aromatic N) is 4. The van der Waals surface area contributed by atoms with Crippen LogP contribution in [0.4, 0.5) is 0 Å². The van der Waals surface area contributed by atoms with Crippen molar-refractivity contribution in [2.24, 2.45) is 5.92 Å². The lowest BCUT2D eigenvalue weighted by Gasteiger charge is -2.33. The summed E-state index contributed by atoms with van der Waals surface area (Å²) in [5.74, 6) is 0.955. The van der Waals surface area contributed by atoms with Gasteiger partial charge in [0, 0.05) is 37.3 Å². The number of rotatable bonds is 1. The molecule has 4 heteroatoms. The van der Waals surface area contributed by atoms with E-state index in [-0.39, 0.29) is 22.3 Å². The fraction of sp³-hybridized carbons (Fsp3) is 0.923. The second-order valence-corrected chi connectivity index (χ2v) is 9.41. The monoisotopic (exact) mass is 430 g/mol. The Labute approximate surface area is 193 Å². The number of hydrogen-bond acceptors (Lipinski definition) is 4. The molecule has 0 aliphatic carbocycles. The maximum Gasteiger partial charge on any atom is 0.0250 e. The normalized spacial score (nSPS) is 29.6. The summed E-state index contributed by atoms with van der Waals surface area (Å²) in [6.45, 7) is 17.1. The third-order valence-corrected chi connectivity index (χ3v) is 6.18. The van der Waals surface area contributed by atoms with Crippen LogP contribution in [0.15, 0.2) is 12.2 Å². The molecule has 4 nitrogen and oxygen atoms in total. The van der Waals surface area contributed by atoms with Crippen molar-refractivity contribution < 1.29 is 0 Å². The largest absolute Gasteiger partial charge is 0.307 e. The summed E-state index contributed by atoms with van der Waals surface area (Å²) in [7, 11) is 10.6. The number of likely N-dealkylation sites (N-methyl/N-ethyl adjacent to an activating group) is 2. The summed E-state index contributed by atoms with van der Waals surface area (Å²) >= 11 is 0. The maximum absolute atomic E-state index is 2.44. The van der Waals surface area contributed by atoms with E-state index in [1.807, 2.05) is 0 Å². The van der Waals surface area contributed by atoms with Crippen molar-refractivity contribution in [3.63, 3.8) is 0 Å². The Morgan fingerprint density at radius 3 is 1.43 bits per heavy atom. The molecule has 0 N–H and O–H groups in total. The highest BCUT2D eigenvalue weighted by atomic mass is 15.3. The van der Waals surface area contributed by atoms with Crippen molar-refractivity contribution >= 4 is 0 Å². The SMILES string of the molecule is C.C.C.CC(C)N(C)C.CC1C=CCN1C.CC1CCN(C)C(C)C1.CC1CN1C. The Morgan fingerprint density at radius 1 is 0.833 bits per heavy atom. The minimum atomic E-state index is 0. The van der Waals surface area contributed by atoms with Gasteiger partial charge in [-0.15, -0.1) is 0 Å². The van der Waals surface area contributed by atoms with Crippen molar-refractivity contribution in [1.82, 2.24) is 19.6 Å². The third-order valence-electron chi connectivity index (χ3n) is 6.18. The first-order valence-corrected chi connectivity index (χ1v) is 10.9. The lowest BCUT2D eigenvalue weighted by molar-refractivity contribution is 0.162. The van der Waals surface area contributed by atoms with Gasteiger partial charge in [-0.1, -0.05) is 41.4 Å². The van der Waals surface area contributed by atoms with Gasteiger partial charge in [0.25, 0.3) is 0 Å². The lowest BCUT2D eigenvalue weighted by atomic mass is 9.94. The van der Waals surface area contributed by atoms with E-state index in [2.05, 4.69) is 109 Å². The summed E-state index contributed by atoms with van der Waals surface area (Å²) in [6.07, 6.45) is 7.20. The number of hydrogen-bond donors (Lipinski definition) is 0. The molecule has 3 aliphatic heterocycles. The average Bonchev–Trinajstić information content (AvgIpc) is 3.09. The molecule has 5 unspecified atom stereocenters. The smallest absolute Gasteiger partial charge is 0.0250 e. The van der Waals surface area contributed by atoms with Gasteiger partial charge in [-0.2, -0.15) is 0 Å². The minimum Gasteiger partial charge on any atom is -0.307 e. The van der Waals surface area contributed by atoms with Crippen LogP contribution in [0.3, 0.4) is 0 Å². The van der Waals surface area contributed by atoms with Crippen LogP contribution in [-0.4, -0.2) is 98.6 Å². The standard InChI is InChI=1S/C8H17N.C6H11N.C5H13N.C4H9N.3CH4/c1-7-4-5-9(3)8(2)6-7;1-6-4-3-5-7(6)2;1-5(2)6(3)4;1-4-3-5(4)2;;;/h7-8H,4-6H2,1-3H3;3-4,6H,5H2,1-2H3;5H,1-4H3;4H,3H2,1-2H3;3*1H4. The molecule has 0 aromatic rings. The maximum atomic E-state index is 2.44. The quantitative estimate of drug-likeness (QED) is 0.385. The van der Waals surface area contributed by atoms with Gasteiger partial charge in [0.1, 0.15) is 0 Å². The highest BCUT2D eigenvalue weighted by molar-refractivity contribution is 5.00. The molecule has 0 radical (unpaired) electrons. The van der Waals surface area contributed by atoms with Crippen molar-refractivity contribution in [2.45, 2.75) is 101 Å². The first kappa shape index (κ1) is 36.9. The van der Waals surface area contributed by atoms with E-state index in [4.69, 9.17) is 0 Å². The predicted molar refractivity (Wildman–Crippen MR) is 143 cm³/mol. The van der Waals surface area contributed by atoms with Crippen LogP contribution in [0.1, 0.15) is 76.7 Å². The molecule has 30 heavy (non-hydrogen) atoms. The summed E-state index contributed by atoms with van der Waals surface area (Å²) in [6, 6.07) is 3.05. The zero-order valence-corrected chi connectivity index (χ0v) is 20.4. The molecule has 2 saturated heterocycles. The molecule has 0 spiro atoms. The second kappa shape index (κ2) is 19.3. The Balaban J connectivity index is -0.000000148. The second-order valence-electron chi connectivity index (χ2n) is 9.41. The van der Waals surface area contributed by atoms with Gasteiger partial charge >= 0.3 is 0 Å². The average molecular weight is 431 g/mol. The van der Waals surface area contributed by atoms with Crippen LogP contribution < -0.4 is 0 Å². The van der Waals surface area contributed by atoms with Crippen molar-refractivity contribution in [1.29, 1.82) is 0 Å². The Morgan fingerprint density at radius 2 is 1.27 bits per heavy atom. The zero-order chi connectivity index (χ0) is 21.1. The summed E-state index contributed by atoms with van der Waals surface area (Å²) in [5.41, 5.74) is 0. The molecule has 3 heterocycles.